The zero-order valence-corrected chi connectivity index (χ0v) is 17.6. The third kappa shape index (κ3) is 3.68. The van der Waals surface area contributed by atoms with Crippen molar-refractivity contribution in [2.75, 3.05) is 19.5 Å². The fraction of sp³-hybridized carbons (Fsp3) is 0.318. The minimum atomic E-state index is -0.860. The Balaban J connectivity index is 2.07. The van der Waals surface area contributed by atoms with Crippen LogP contribution in [-0.2, 0) is 4.79 Å². The first-order valence-electron chi connectivity index (χ1n) is 9.58. The number of carbonyl (C=O) groups excluding carboxylic acids is 1. The molecule has 0 aliphatic carbocycles. The molecule has 3 rings (SSSR count). The van der Waals surface area contributed by atoms with E-state index in [4.69, 9.17) is 9.47 Å². The molecule has 0 fully saturated rings. The molecule has 1 amide bonds. The minimum Gasteiger partial charge on any atom is -0.493 e. The molecule has 0 bridgehead atoms. The zero-order valence-electron chi connectivity index (χ0n) is 17.6. The van der Waals surface area contributed by atoms with E-state index >= 15 is 0 Å². The lowest BCUT2D eigenvalue weighted by molar-refractivity contribution is -0.118. The van der Waals surface area contributed by atoms with Crippen LogP contribution in [-0.4, -0.2) is 29.3 Å². The largest absolute Gasteiger partial charge is 0.493 e. The van der Waals surface area contributed by atoms with Gasteiger partial charge in [-0.3, -0.25) is 18.7 Å². The molecule has 8 heteroatoms. The van der Waals surface area contributed by atoms with Crippen LogP contribution >= 0.6 is 0 Å². The summed E-state index contributed by atoms with van der Waals surface area (Å²) in [6.45, 7) is 5.14. The quantitative estimate of drug-likeness (QED) is 0.673. The molecule has 0 unspecified atom stereocenters. The number of nitrogens with zero attached hydrogens (tertiary/aromatic N) is 2. The highest BCUT2D eigenvalue weighted by Gasteiger charge is 2.23. The first-order valence-corrected chi connectivity index (χ1v) is 9.58. The number of methoxy groups -OCH3 is 2. The van der Waals surface area contributed by atoms with E-state index in [0.29, 0.717) is 28.1 Å². The van der Waals surface area contributed by atoms with Gasteiger partial charge in [-0.15, -0.1) is 0 Å². The molecule has 3 aromatic rings. The van der Waals surface area contributed by atoms with Gasteiger partial charge in [-0.05, 0) is 45.0 Å². The van der Waals surface area contributed by atoms with Crippen LogP contribution in [0.25, 0.3) is 10.9 Å². The molecule has 8 nitrogen and oxygen atoms in total. The Kier molecular flexibility index (Phi) is 5.96. The Morgan fingerprint density at radius 1 is 0.933 bits per heavy atom. The second kappa shape index (κ2) is 8.44. The number of aromatic nitrogens is 2. The van der Waals surface area contributed by atoms with Gasteiger partial charge >= 0.3 is 5.69 Å². The summed E-state index contributed by atoms with van der Waals surface area (Å²) in [6, 6.07) is 10.6. The molecule has 30 heavy (non-hydrogen) atoms. The summed E-state index contributed by atoms with van der Waals surface area (Å²) in [5.74, 6) is 0.608. The Bertz CT molecular complexity index is 1210. The van der Waals surface area contributed by atoms with E-state index < -0.39 is 17.6 Å². The number of hydrogen-bond donors (Lipinski definition) is 1. The minimum absolute atomic E-state index is 0.345. The number of nitrogens with one attached hydrogen (secondary N) is 1. The zero-order chi connectivity index (χ0) is 22.0. The number of fused-ring (bicyclic) bond motifs is 1. The van der Waals surface area contributed by atoms with Crippen molar-refractivity contribution in [2.24, 2.45) is 0 Å². The molecule has 0 saturated carbocycles. The summed E-state index contributed by atoms with van der Waals surface area (Å²) in [6.07, 6.45) is 0. The van der Waals surface area contributed by atoms with Crippen molar-refractivity contribution in [3.05, 3.63) is 63.3 Å². The summed E-state index contributed by atoms with van der Waals surface area (Å²) in [7, 11) is 3.03. The highest BCUT2D eigenvalue weighted by atomic mass is 16.5. The molecular weight excluding hydrogens is 386 g/mol. The highest BCUT2D eigenvalue weighted by molar-refractivity contribution is 5.95. The second-order valence-corrected chi connectivity index (χ2v) is 7.17. The first kappa shape index (κ1) is 21.2. The average molecular weight is 411 g/mol. The van der Waals surface area contributed by atoms with Crippen molar-refractivity contribution in [3.63, 3.8) is 0 Å². The number of carbonyl (C=O) groups is 1. The van der Waals surface area contributed by atoms with E-state index in [1.54, 1.807) is 63.2 Å². The van der Waals surface area contributed by atoms with Crippen LogP contribution in [0.3, 0.4) is 0 Å². The third-order valence-corrected chi connectivity index (χ3v) is 4.96. The van der Waals surface area contributed by atoms with Crippen LogP contribution in [0, 0.1) is 0 Å². The standard InChI is InChI=1S/C22H25N3O5/c1-13(2)24-21(27)16-8-6-7-9-17(16)25(22(24)28)14(3)20(26)23-15-10-11-18(29-4)19(12-15)30-5/h6-14H,1-5H3,(H,23,26)/t14-/m1/s1. The van der Waals surface area contributed by atoms with Gasteiger partial charge < -0.3 is 14.8 Å². The van der Waals surface area contributed by atoms with Crippen molar-refractivity contribution in [3.8, 4) is 11.5 Å². The van der Waals surface area contributed by atoms with Crippen LogP contribution < -0.4 is 26.0 Å². The van der Waals surface area contributed by atoms with Gasteiger partial charge in [-0.1, -0.05) is 12.1 Å². The van der Waals surface area contributed by atoms with Gasteiger partial charge in [0.25, 0.3) is 5.56 Å². The van der Waals surface area contributed by atoms with Gasteiger partial charge in [0.05, 0.1) is 25.1 Å². The topological polar surface area (TPSA) is 91.6 Å². The molecular formula is C22H25N3O5. The Hall–Kier alpha value is -3.55. The van der Waals surface area contributed by atoms with Gasteiger partial charge in [0.15, 0.2) is 11.5 Å². The van der Waals surface area contributed by atoms with Crippen LogP contribution in [0.15, 0.2) is 52.1 Å². The maximum absolute atomic E-state index is 13.1. The summed E-state index contributed by atoms with van der Waals surface area (Å²) in [5, 5.41) is 3.19. The van der Waals surface area contributed by atoms with Crippen molar-refractivity contribution in [1.29, 1.82) is 0 Å². The average Bonchev–Trinajstić information content (AvgIpc) is 2.73. The molecule has 0 spiro atoms. The SMILES string of the molecule is COc1ccc(NC(=O)[C@@H](C)n2c(=O)n(C(C)C)c(=O)c3ccccc32)cc1OC. The third-order valence-electron chi connectivity index (χ3n) is 4.96. The van der Waals surface area contributed by atoms with Gasteiger partial charge in [0, 0.05) is 17.8 Å². The monoisotopic (exact) mass is 411 g/mol. The summed E-state index contributed by atoms with van der Waals surface area (Å²) in [4.78, 5) is 38.9. The number of rotatable bonds is 6. The number of para-hydroxylation sites is 1. The molecule has 1 N–H and O–H groups in total. The summed E-state index contributed by atoms with van der Waals surface area (Å²) in [5.41, 5.74) is 0.0245. The lowest BCUT2D eigenvalue weighted by Crippen LogP contribution is -2.44. The molecule has 0 radical (unpaired) electrons. The smallest absolute Gasteiger partial charge is 0.332 e. The van der Waals surface area contributed by atoms with Crippen molar-refractivity contribution >= 4 is 22.5 Å². The van der Waals surface area contributed by atoms with E-state index in [2.05, 4.69) is 5.32 Å². The van der Waals surface area contributed by atoms with Crippen molar-refractivity contribution < 1.29 is 14.3 Å². The Labute approximate surface area is 173 Å². The van der Waals surface area contributed by atoms with Gasteiger partial charge in [0.1, 0.15) is 6.04 Å². The van der Waals surface area contributed by atoms with Crippen LogP contribution in [0.5, 0.6) is 11.5 Å². The van der Waals surface area contributed by atoms with Gasteiger partial charge in [0.2, 0.25) is 5.91 Å². The molecule has 0 aliphatic rings. The Morgan fingerprint density at radius 2 is 1.60 bits per heavy atom. The summed E-state index contributed by atoms with van der Waals surface area (Å²) >= 11 is 0. The van der Waals surface area contributed by atoms with Crippen molar-refractivity contribution in [2.45, 2.75) is 32.9 Å². The second-order valence-electron chi connectivity index (χ2n) is 7.17. The molecule has 158 valence electrons. The lowest BCUT2D eigenvalue weighted by atomic mass is 10.2. The lowest BCUT2D eigenvalue weighted by Gasteiger charge is -2.21. The van der Waals surface area contributed by atoms with Crippen molar-refractivity contribution in [1.82, 2.24) is 9.13 Å². The molecule has 0 aliphatic heterocycles. The van der Waals surface area contributed by atoms with Crippen LogP contribution in [0.4, 0.5) is 5.69 Å². The number of amides is 1. The number of benzene rings is 2. The fourth-order valence-corrected chi connectivity index (χ4v) is 3.41. The summed E-state index contributed by atoms with van der Waals surface area (Å²) < 4.78 is 13.0. The van der Waals surface area contributed by atoms with Crippen LogP contribution in [0.2, 0.25) is 0 Å². The fourth-order valence-electron chi connectivity index (χ4n) is 3.41. The van der Waals surface area contributed by atoms with E-state index in [-0.39, 0.29) is 11.6 Å². The molecule has 1 heterocycles. The molecule has 1 atom stereocenters. The van der Waals surface area contributed by atoms with E-state index in [0.717, 1.165) is 0 Å². The molecule has 2 aromatic carbocycles. The predicted octanol–water partition coefficient (Wildman–Crippen LogP) is 2.96. The molecule has 0 saturated heterocycles. The normalized spacial score (nSPS) is 12.1. The van der Waals surface area contributed by atoms with E-state index in [9.17, 15) is 14.4 Å². The number of hydrogen-bond acceptors (Lipinski definition) is 5. The predicted molar refractivity (Wildman–Crippen MR) is 116 cm³/mol. The Morgan fingerprint density at radius 3 is 2.23 bits per heavy atom. The highest BCUT2D eigenvalue weighted by Crippen LogP contribution is 2.30. The molecule has 1 aromatic heterocycles. The van der Waals surface area contributed by atoms with Gasteiger partial charge in [-0.2, -0.15) is 0 Å². The maximum atomic E-state index is 13.1. The number of ether oxygens (including phenoxy) is 2. The van der Waals surface area contributed by atoms with Gasteiger partial charge in [-0.25, -0.2) is 4.79 Å². The number of anilines is 1. The first-order chi connectivity index (χ1) is 14.3. The van der Waals surface area contributed by atoms with E-state index in [1.165, 1.54) is 23.4 Å². The van der Waals surface area contributed by atoms with Crippen LogP contribution in [0.1, 0.15) is 32.9 Å². The van der Waals surface area contributed by atoms with E-state index in [1.807, 2.05) is 0 Å². The maximum Gasteiger partial charge on any atom is 0.332 e.